The smallest absolute Gasteiger partial charge is 0.135 e. The van der Waals surface area contributed by atoms with Crippen molar-refractivity contribution in [2.24, 2.45) is 5.92 Å². The minimum atomic E-state index is 0.433. The van der Waals surface area contributed by atoms with Crippen molar-refractivity contribution >= 4 is 5.78 Å². The molecule has 0 N–H and O–H groups in total. The van der Waals surface area contributed by atoms with E-state index in [1.807, 2.05) is 0 Å². The number of carbonyl (C=O) groups excluding carboxylic acids is 1. The molecule has 1 aromatic rings. The second-order valence-corrected chi connectivity index (χ2v) is 4.58. The van der Waals surface area contributed by atoms with Crippen molar-refractivity contribution in [3.8, 4) is 0 Å². The summed E-state index contributed by atoms with van der Waals surface area (Å²) in [5, 5.41) is 0. The van der Waals surface area contributed by atoms with Crippen LogP contribution in [-0.2, 0) is 11.2 Å². The second-order valence-electron chi connectivity index (χ2n) is 4.58. The van der Waals surface area contributed by atoms with Gasteiger partial charge in [0.2, 0.25) is 0 Å². The Bertz CT molecular complexity index is 333. The van der Waals surface area contributed by atoms with Gasteiger partial charge in [-0.05, 0) is 38.2 Å². The van der Waals surface area contributed by atoms with Gasteiger partial charge >= 0.3 is 0 Å². The molecule has 1 nitrogen and oxygen atoms in total. The lowest BCUT2D eigenvalue weighted by Crippen LogP contribution is -2.00. The first-order chi connectivity index (χ1) is 7.25. The Hall–Kier alpha value is -1.11. The summed E-state index contributed by atoms with van der Waals surface area (Å²) in [6, 6.07) is 8.60. The van der Waals surface area contributed by atoms with Gasteiger partial charge in [-0.25, -0.2) is 0 Å². The van der Waals surface area contributed by atoms with Gasteiger partial charge in [0.05, 0.1) is 0 Å². The van der Waals surface area contributed by atoms with Gasteiger partial charge < -0.3 is 0 Å². The fraction of sp³-hybridized carbons (Fsp3) is 0.500. The molecule has 80 valence electrons. The van der Waals surface area contributed by atoms with Gasteiger partial charge in [0.15, 0.2) is 0 Å². The minimum Gasteiger partial charge on any atom is -0.299 e. The predicted octanol–water partition coefficient (Wildman–Crippen LogP) is 3.30. The van der Waals surface area contributed by atoms with Gasteiger partial charge in [0, 0.05) is 12.3 Å². The third-order valence-electron chi connectivity index (χ3n) is 3.04. The molecule has 0 heterocycles. The Morgan fingerprint density at radius 2 is 1.93 bits per heavy atom. The fourth-order valence-electron chi connectivity index (χ4n) is 1.83. The van der Waals surface area contributed by atoms with E-state index in [0.29, 0.717) is 11.7 Å². The number of hydrogen-bond acceptors (Lipinski definition) is 1. The summed E-state index contributed by atoms with van der Waals surface area (Å²) in [5.41, 5.74) is 2.65. The molecule has 2 rings (SSSR count). The average molecular weight is 202 g/mol. The molecule has 15 heavy (non-hydrogen) atoms. The first-order valence-corrected chi connectivity index (χ1v) is 5.84. The number of ketones is 1. The van der Waals surface area contributed by atoms with Gasteiger partial charge in [-0.2, -0.15) is 0 Å². The molecule has 1 aliphatic rings. The van der Waals surface area contributed by atoms with Crippen molar-refractivity contribution in [3.63, 3.8) is 0 Å². The molecule has 0 saturated heterocycles. The van der Waals surface area contributed by atoms with Crippen molar-refractivity contribution in [2.45, 2.75) is 39.0 Å². The van der Waals surface area contributed by atoms with Crippen LogP contribution in [0.2, 0.25) is 0 Å². The van der Waals surface area contributed by atoms with Gasteiger partial charge in [-0.1, -0.05) is 29.8 Å². The van der Waals surface area contributed by atoms with E-state index in [1.54, 1.807) is 0 Å². The first-order valence-electron chi connectivity index (χ1n) is 5.84. The molecule has 0 unspecified atom stereocenters. The third-order valence-corrected chi connectivity index (χ3v) is 3.04. The van der Waals surface area contributed by atoms with Gasteiger partial charge in [-0.15, -0.1) is 0 Å². The van der Waals surface area contributed by atoms with Crippen molar-refractivity contribution in [3.05, 3.63) is 35.4 Å². The highest BCUT2D eigenvalue weighted by Crippen LogP contribution is 2.31. The van der Waals surface area contributed by atoms with Gasteiger partial charge in [0.1, 0.15) is 5.78 Å². The Labute approximate surface area is 91.5 Å². The maximum Gasteiger partial charge on any atom is 0.135 e. The highest BCUT2D eigenvalue weighted by Gasteiger charge is 2.28. The Balaban J connectivity index is 1.73. The fourth-order valence-corrected chi connectivity index (χ4v) is 1.83. The molecule has 1 saturated carbocycles. The zero-order valence-electron chi connectivity index (χ0n) is 9.33. The SMILES string of the molecule is Cc1ccc(CCCC(=O)C2CC2)cc1. The number of benzene rings is 1. The van der Waals surface area contributed by atoms with Crippen LogP contribution in [0.3, 0.4) is 0 Å². The number of aryl methyl sites for hydroxylation is 2. The van der Waals surface area contributed by atoms with E-state index in [1.165, 1.54) is 11.1 Å². The first kappa shape index (κ1) is 10.4. The summed E-state index contributed by atoms with van der Waals surface area (Å²) in [5.74, 6) is 0.921. The van der Waals surface area contributed by atoms with E-state index >= 15 is 0 Å². The number of hydrogen-bond donors (Lipinski definition) is 0. The Morgan fingerprint density at radius 1 is 1.27 bits per heavy atom. The van der Waals surface area contributed by atoms with Crippen LogP contribution in [0, 0.1) is 12.8 Å². The quantitative estimate of drug-likeness (QED) is 0.716. The second kappa shape index (κ2) is 4.61. The Kier molecular flexibility index (Phi) is 3.20. The van der Waals surface area contributed by atoms with Crippen LogP contribution in [0.15, 0.2) is 24.3 Å². The highest BCUT2D eigenvalue weighted by atomic mass is 16.1. The van der Waals surface area contributed by atoms with Crippen molar-refractivity contribution in [1.29, 1.82) is 0 Å². The molecule has 0 atom stereocenters. The summed E-state index contributed by atoms with van der Waals surface area (Å²) in [6.07, 6.45) is 5.11. The molecule has 0 spiro atoms. The summed E-state index contributed by atoms with van der Waals surface area (Å²) in [6.45, 7) is 2.10. The topological polar surface area (TPSA) is 17.1 Å². The third kappa shape index (κ3) is 3.19. The molecule has 0 aromatic heterocycles. The zero-order chi connectivity index (χ0) is 10.7. The largest absolute Gasteiger partial charge is 0.299 e. The van der Waals surface area contributed by atoms with E-state index in [2.05, 4.69) is 31.2 Å². The lowest BCUT2D eigenvalue weighted by atomic mass is 10.0. The van der Waals surface area contributed by atoms with E-state index in [-0.39, 0.29) is 0 Å². The maximum atomic E-state index is 11.4. The number of carbonyl (C=O) groups is 1. The van der Waals surface area contributed by atoms with Crippen LogP contribution in [0.25, 0.3) is 0 Å². The summed E-state index contributed by atoms with van der Waals surface area (Å²) < 4.78 is 0. The number of rotatable bonds is 5. The zero-order valence-corrected chi connectivity index (χ0v) is 9.33. The normalized spacial score (nSPS) is 15.3. The molecule has 1 fully saturated rings. The van der Waals surface area contributed by atoms with E-state index < -0.39 is 0 Å². The molecule has 1 aromatic carbocycles. The standard InChI is InChI=1S/C14H18O/c1-11-5-7-12(8-6-11)3-2-4-14(15)13-9-10-13/h5-8,13H,2-4,9-10H2,1H3. The molecule has 1 aliphatic carbocycles. The van der Waals surface area contributed by atoms with E-state index in [0.717, 1.165) is 32.1 Å². The lowest BCUT2D eigenvalue weighted by Gasteiger charge is -2.01. The molecular weight excluding hydrogens is 184 g/mol. The molecule has 0 bridgehead atoms. The summed E-state index contributed by atoms with van der Waals surface area (Å²) >= 11 is 0. The van der Waals surface area contributed by atoms with Crippen LogP contribution in [0.5, 0.6) is 0 Å². The van der Waals surface area contributed by atoms with Gasteiger partial charge in [0.25, 0.3) is 0 Å². The monoisotopic (exact) mass is 202 g/mol. The van der Waals surface area contributed by atoms with E-state index in [9.17, 15) is 4.79 Å². The maximum absolute atomic E-state index is 11.4. The van der Waals surface area contributed by atoms with Crippen molar-refractivity contribution in [2.75, 3.05) is 0 Å². The Morgan fingerprint density at radius 3 is 2.53 bits per heavy atom. The molecule has 0 amide bonds. The summed E-state index contributed by atoms with van der Waals surface area (Å²) in [4.78, 5) is 11.4. The van der Waals surface area contributed by atoms with Crippen LogP contribution in [-0.4, -0.2) is 5.78 Å². The minimum absolute atomic E-state index is 0.433. The molecule has 1 heteroatoms. The van der Waals surface area contributed by atoms with E-state index in [4.69, 9.17) is 0 Å². The molecule has 0 radical (unpaired) electrons. The average Bonchev–Trinajstić information content (AvgIpc) is 3.04. The number of Topliss-reactive ketones (excluding diaryl/α,β-unsaturated/α-hetero) is 1. The summed E-state index contributed by atoms with van der Waals surface area (Å²) in [7, 11) is 0. The van der Waals surface area contributed by atoms with Crippen molar-refractivity contribution in [1.82, 2.24) is 0 Å². The van der Waals surface area contributed by atoms with Crippen LogP contribution < -0.4 is 0 Å². The van der Waals surface area contributed by atoms with Gasteiger partial charge in [-0.3, -0.25) is 4.79 Å². The van der Waals surface area contributed by atoms with Crippen LogP contribution >= 0.6 is 0 Å². The molecular formula is C14H18O. The predicted molar refractivity (Wildman–Crippen MR) is 61.8 cm³/mol. The van der Waals surface area contributed by atoms with Crippen LogP contribution in [0.1, 0.15) is 36.8 Å². The van der Waals surface area contributed by atoms with Crippen LogP contribution in [0.4, 0.5) is 0 Å². The lowest BCUT2D eigenvalue weighted by molar-refractivity contribution is -0.120. The molecule has 0 aliphatic heterocycles. The van der Waals surface area contributed by atoms with Crippen molar-refractivity contribution < 1.29 is 4.79 Å². The highest BCUT2D eigenvalue weighted by molar-refractivity contribution is 5.83.